The molecule has 3 nitrogen and oxygen atoms in total. The van der Waals surface area contributed by atoms with Gasteiger partial charge in [0.1, 0.15) is 6.61 Å². The quantitative estimate of drug-likeness (QED) is 0.773. The van der Waals surface area contributed by atoms with Gasteiger partial charge in [0.05, 0.1) is 6.10 Å². The average Bonchev–Trinajstić information content (AvgIpc) is 3.02. The van der Waals surface area contributed by atoms with Gasteiger partial charge in [-0.3, -0.25) is 0 Å². The molecule has 2 saturated carbocycles. The maximum Gasteiger partial charge on any atom is 0.161 e. The topological polar surface area (TPSA) is 49.7 Å². The Morgan fingerprint density at radius 1 is 1.07 bits per heavy atom. The van der Waals surface area contributed by atoms with Gasteiger partial charge in [-0.2, -0.15) is 0 Å². The minimum absolute atomic E-state index is 0.0994. The van der Waals surface area contributed by atoms with Crippen molar-refractivity contribution >= 4 is 0 Å². The van der Waals surface area contributed by atoms with E-state index in [1.165, 1.54) is 17.5 Å². The summed E-state index contributed by atoms with van der Waals surface area (Å²) in [6, 6.07) is 14.1. The minimum Gasteiger partial charge on any atom is -0.504 e. The average molecular weight is 379 g/mol. The van der Waals surface area contributed by atoms with Crippen molar-refractivity contribution in [2.45, 2.75) is 64.1 Å². The van der Waals surface area contributed by atoms with Gasteiger partial charge in [-0.05, 0) is 90.5 Å². The smallest absolute Gasteiger partial charge is 0.161 e. The summed E-state index contributed by atoms with van der Waals surface area (Å²) in [5.41, 5.74) is 3.86. The maximum atomic E-state index is 10.6. The van der Waals surface area contributed by atoms with Gasteiger partial charge in [0.2, 0.25) is 0 Å². The van der Waals surface area contributed by atoms with Gasteiger partial charge in [-0.15, -0.1) is 0 Å². The standard InChI is InChI=1S/C25H30O3/c1-25-12-11-18-19(21(25)9-10-24(25)27)8-7-17-13-22(26)23(14-20(17)18)28-15-16-5-3-2-4-6-16/h2-6,13-14,18-19,21,24,26-27H,7-12,15H2,1H3/t18-,19+,21-,24-,25-/m0/s1. The highest BCUT2D eigenvalue weighted by atomic mass is 16.5. The number of fused-ring (bicyclic) bond motifs is 5. The third kappa shape index (κ3) is 2.83. The van der Waals surface area contributed by atoms with Gasteiger partial charge >= 0.3 is 0 Å². The lowest BCUT2D eigenvalue weighted by Crippen LogP contribution is -2.43. The fraction of sp³-hybridized carbons (Fsp3) is 0.520. The first-order valence-electron chi connectivity index (χ1n) is 10.8. The summed E-state index contributed by atoms with van der Waals surface area (Å²) in [6.45, 7) is 2.78. The van der Waals surface area contributed by atoms with Crippen molar-refractivity contribution in [3.8, 4) is 11.5 Å². The van der Waals surface area contributed by atoms with E-state index in [1.54, 1.807) is 0 Å². The molecule has 148 valence electrons. The van der Waals surface area contributed by atoms with Gasteiger partial charge in [0, 0.05) is 0 Å². The normalized spacial score (nSPS) is 33.6. The highest BCUT2D eigenvalue weighted by molar-refractivity contribution is 5.49. The lowest BCUT2D eigenvalue weighted by atomic mass is 9.55. The van der Waals surface area contributed by atoms with Crippen LogP contribution in [-0.2, 0) is 13.0 Å². The predicted molar refractivity (Wildman–Crippen MR) is 110 cm³/mol. The van der Waals surface area contributed by atoms with Crippen LogP contribution in [0.4, 0.5) is 0 Å². The van der Waals surface area contributed by atoms with Crippen molar-refractivity contribution < 1.29 is 14.9 Å². The fourth-order valence-corrected chi connectivity index (χ4v) is 6.41. The molecule has 2 fully saturated rings. The van der Waals surface area contributed by atoms with E-state index >= 15 is 0 Å². The Hall–Kier alpha value is -2.00. The van der Waals surface area contributed by atoms with Crippen LogP contribution in [0.1, 0.15) is 61.6 Å². The van der Waals surface area contributed by atoms with E-state index in [9.17, 15) is 10.2 Å². The van der Waals surface area contributed by atoms with Crippen LogP contribution in [0.3, 0.4) is 0 Å². The molecule has 2 N–H and O–H groups in total. The molecule has 0 heterocycles. The number of aliphatic hydroxyl groups is 1. The Kier molecular flexibility index (Phi) is 4.39. The van der Waals surface area contributed by atoms with Crippen molar-refractivity contribution in [2.24, 2.45) is 17.3 Å². The van der Waals surface area contributed by atoms with E-state index in [2.05, 4.69) is 13.0 Å². The van der Waals surface area contributed by atoms with Crippen molar-refractivity contribution in [3.05, 3.63) is 59.2 Å². The van der Waals surface area contributed by atoms with Crippen LogP contribution >= 0.6 is 0 Å². The van der Waals surface area contributed by atoms with Crippen molar-refractivity contribution in [1.29, 1.82) is 0 Å². The zero-order chi connectivity index (χ0) is 19.3. The molecule has 0 amide bonds. The number of benzene rings is 2. The summed E-state index contributed by atoms with van der Waals surface area (Å²) in [5.74, 6) is 2.66. The van der Waals surface area contributed by atoms with Gasteiger partial charge in [-0.1, -0.05) is 37.3 Å². The molecule has 2 aromatic rings. The molecule has 0 bridgehead atoms. The molecule has 0 unspecified atom stereocenters. The molecule has 3 aliphatic carbocycles. The number of aromatic hydroxyl groups is 1. The Bertz CT molecular complexity index is 862. The lowest BCUT2D eigenvalue weighted by molar-refractivity contribution is -0.0226. The number of hydrogen-bond donors (Lipinski definition) is 2. The summed E-state index contributed by atoms with van der Waals surface area (Å²) >= 11 is 0. The Morgan fingerprint density at radius 3 is 2.71 bits per heavy atom. The summed E-state index contributed by atoms with van der Waals surface area (Å²) < 4.78 is 6.00. The van der Waals surface area contributed by atoms with E-state index in [1.807, 2.05) is 36.4 Å². The molecule has 0 aliphatic heterocycles. The van der Waals surface area contributed by atoms with Crippen LogP contribution in [0.5, 0.6) is 11.5 Å². The van der Waals surface area contributed by atoms with Crippen molar-refractivity contribution in [1.82, 2.24) is 0 Å². The number of hydrogen-bond acceptors (Lipinski definition) is 3. The lowest BCUT2D eigenvalue weighted by Gasteiger charge is -2.50. The van der Waals surface area contributed by atoms with Gasteiger partial charge in [0.25, 0.3) is 0 Å². The van der Waals surface area contributed by atoms with Crippen LogP contribution in [0.2, 0.25) is 0 Å². The third-order valence-corrected chi connectivity index (χ3v) is 7.99. The van der Waals surface area contributed by atoms with Gasteiger partial charge in [-0.25, -0.2) is 0 Å². The van der Waals surface area contributed by atoms with Crippen LogP contribution < -0.4 is 4.74 Å². The van der Waals surface area contributed by atoms with Gasteiger partial charge < -0.3 is 14.9 Å². The monoisotopic (exact) mass is 378 g/mol. The fourth-order valence-electron chi connectivity index (χ4n) is 6.41. The number of aryl methyl sites for hydroxylation is 1. The molecule has 3 aliphatic rings. The summed E-state index contributed by atoms with van der Waals surface area (Å²) in [5, 5.41) is 21.1. The molecular weight excluding hydrogens is 348 g/mol. The summed E-state index contributed by atoms with van der Waals surface area (Å²) in [4.78, 5) is 0. The predicted octanol–water partition coefficient (Wildman–Crippen LogP) is 5.19. The second kappa shape index (κ2) is 6.81. The highest BCUT2D eigenvalue weighted by Crippen LogP contribution is 2.61. The SMILES string of the molecule is C[C@]12CC[C@@H]3c4cc(OCc5ccccc5)c(O)cc4CC[C@H]3[C@@H]1CC[C@@H]2O. The largest absolute Gasteiger partial charge is 0.504 e. The number of rotatable bonds is 3. The van der Waals surface area contributed by atoms with E-state index in [0.717, 1.165) is 37.7 Å². The highest BCUT2D eigenvalue weighted by Gasteiger charge is 2.54. The molecule has 5 rings (SSSR count). The summed E-state index contributed by atoms with van der Waals surface area (Å²) in [6.07, 6.45) is 6.40. The second-order valence-electron chi connectivity index (χ2n) is 9.35. The first kappa shape index (κ1) is 18.1. The van der Waals surface area contributed by atoms with Crippen molar-refractivity contribution in [3.63, 3.8) is 0 Å². The first-order valence-corrected chi connectivity index (χ1v) is 10.8. The molecule has 3 heteroatoms. The van der Waals surface area contributed by atoms with Crippen LogP contribution in [-0.4, -0.2) is 16.3 Å². The number of phenolic OH excluding ortho intramolecular Hbond substituents is 1. The minimum atomic E-state index is -0.135. The van der Waals surface area contributed by atoms with Gasteiger partial charge in [0.15, 0.2) is 11.5 Å². The molecule has 5 atom stereocenters. The van der Waals surface area contributed by atoms with E-state index < -0.39 is 0 Å². The zero-order valence-corrected chi connectivity index (χ0v) is 16.6. The van der Waals surface area contributed by atoms with Crippen molar-refractivity contribution in [2.75, 3.05) is 0 Å². The molecule has 0 aromatic heterocycles. The van der Waals surface area contributed by atoms with E-state index in [-0.39, 0.29) is 17.3 Å². The number of ether oxygens (including phenoxy) is 1. The number of aliphatic hydroxyl groups excluding tert-OH is 1. The molecule has 0 spiro atoms. The Morgan fingerprint density at radius 2 is 1.89 bits per heavy atom. The van der Waals surface area contributed by atoms with Crippen LogP contribution in [0.25, 0.3) is 0 Å². The van der Waals surface area contributed by atoms with E-state index in [0.29, 0.717) is 30.1 Å². The number of phenols is 1. The molecular formula is C25H30O3. The maximum absolute atomic E-state index is 10.6. The molecule has 28 heavy (non-hydrogen) atoms. The van der Waals surface area contributed by atoms with Crippen LogP contribution in [0.15, 0.2) is 42.5 Å². The Balaban J connectivity index is 1.42. The summed E-state index contributed by atoms with van der Waals surface area (Å²) in [7, 11) is 0. The third-order valence-electron chi connectivity index (χ3n) is 7.99. The van der Waals surface area contributed by atoms with Crippen LogP contribution in [0, 0.1) is 17.3 Å². The molecule has 2 aromatic carbocycles. The second-order valence-corrected chi connectivity index (χ2v) is 9.35. The Labute approximate surface area is 167 Å². The molecule has 0 saturated heterocycles. The first-order chi connectivity index (χ1) is 13.6. The molecule has 0 radical (unpaired) electrons. The van der Waals surface area contributed by atoms with E-state index in [4.69, 9.17) is 4.74 Å². The zero-order valence-electron chi connectivity index (χ0n) is 16.6.